The Morgan fingerprint density at radius 3 is 2.53 bits per heavy atom. The lowest BCUT2D eigenvalue weighted by atomic mass is 10.1. The minimum atomic E-state index is -0.0872. The number of hydrogen-bond donors (Lipinski definition) is 1. The van der Waals surface area contributed by atoms with Gasteiger partial charge < -0.3 is 14.5 Å². The highest BCUT2D eigenvalue weighted by Crippen LogP contribution is 2.37. The average molecular weight is 422 g/mol. The van der Waals surface area contributed by atoms with Crippen LogP contribution in [0.2, 0.25) is 0 Å². The summed E-state index contributed by atoms with van der Waals surface area (Å²) in [6.07, 6.45) is 5.01. The number of imidazole rings is 1. The molecule has 0 aliphatic heterocycles. The fraction of sp³-hybridized carbons (Fsp3) is 0.0400. The summed E-state index contributed by atoms with van der Waals surface area (Å²) in [5.74, 6) is 2.54. The van der Waals surface area contributed by atoms with Crippen LogP contribution in [0.3, 0.4) is 0 Å². The molecule has 1 N–H and O–H groups in total. The number of para-hydroxylation sites is 1. The maximum absolute atomic E-state index is 12.1. The Kier molecular flexibility index (Phi) is 5.05. The molecule has 0 atom stereocenters. The van der Waals surface area contributed by atoms with Gasteiger partial charge in [-0.1, -0.05) is 18.2 Å². The van der Waals surface area contributed by atoms with Crippen LogP contribution in [0.5, 0.6) is 23.0 Å². The van der Waals surface area contributed by atoms with Gasteiger partial charge in [-0.05, 0) is 43.3 Å². The van der Waals surface area contributed by atoms with E-state index in [1.807, 2.05) is 36.4 Å². The topological polar surface area (TPSA) is 90.0 Å². The van der Waals surface area contributed by atoms with E-state index in [0.717, 1.165) is 0 Å². The van der Waals surface area contributed by atoms with Gasteiger partial charge in [0.25, 0.3) is 0 Å². The Bertz CT molecular complexity index is 1400. The quantitative estimate of drug-likeness (QED) is 0.348. The summed E-state index contributed by atoms with van der Waals surface area (Å²) in [5.41, 5.74) is 2.50. The van der Waals surface area contributed by atoms with Crippen LogP contribution in [0.1, 0.15) is 17.3 Å². The molecule has 0 amide bonds. The van der Waals surface area contributed by atoms with Gasteiger partial charge in [0.15, 0.2) is 17.4 Å². The first-order valence-corrected chi connectivity index (χ1v) is 9.98. The highest BCUT2D eigenvalue weighted by atomic mass is 16.5. The predicted octanol–water partition coefficient (Wildman–Crippen LogP) is 5.81. The van der Waals surface area contributed by atoms with Crippen molar-refractivity contribution in [2.75, 3.05) is 0 Å². The van der Waals surface area contributed by atoms with Crippen LogP contribution in [-0.4, -0.2) is 25.7 Å². The minimum absolute atomic E-state index is 0.0872. The number of aromatic amines is 1. The normalized spacial score (nSPS) is 10.8. The van der Waals surface area contributed by atoms with Crippen molar-refractivity contribution < 1.29 is 14.3 Å². The van der Waals surface area contributed by atoms with E-state index in [1.165, 1.54) is 6.92 Å². The Morgan fingerprint density at radius 1 is 0.875 bits per heavy atom. The molecule has 7 heteroatoms. The Hall–Kier alpha value is -4.52. The van der Waals surface area contributed by atoms with Crippen molar-refractivity contribution in [2.45, 2.75) is 6.92 Å². The van der Waals surface area contributed by atoms with Crippen molar-refractivity contribution in [1.29, 1.82) is 0 Å². The summed E-state index contributed by atoms with van der Waals surface area (Å²) in [5, 5.41) is 0. The number of hydrogen-bond acceptors (Lipinski definition) is 6. The second-order valence-electron chi connectivity index (χ2n) is 7.06. The number of nitrogens with one attached hydrogen (secondary N) is 1. The van der Waals surface area contributed by atoms with Gasteiger partial charge in [0.2, 0.25) is 0 Å². The number of benzene rings is 2. The molecule has 0 fully saturated rings. The van der Waals surface area contributed by atoms with Gasteiger partial charge in [-0.3, -0.25) is 14.8 Å². The third kappa shape index (κ3) is 3.91. The van der Waals surface area contributed by atoms with Gasteiger partial charge in [-0.15, -0.1) is 0 Å². The van der Waals surface area contributed by atoms with Crippen LogP contribution in [-0.2, 0) is 0 Å². The molecule has 0 saturated heterocycles. The second-order valence-corrected chi connectivity index (χ2v) is 7.06. The SMILES string of the molecule is CC(=O)c1ccccc1Oc1cc(Oc2cccnc2)cc2[nH]c(-c3ccccn3)nc12. The first-order chi connectivity index (χ1) is 15.7. The van der Waals surface area contributed by atoms with E-state index in [0.29, 0.717) is 51.1 Å². The van der Waals surface area contributed by atoms with Crippen molar-refractivity contribution in [3.05, 3.63) is 90.9 Å². The summed E-state index contributed by atoms with van der Waals surface area (Å²) < 4.78 is 12.2. The largest absolute Gasteiger partial charge is 0.456 e. The minimum Gasteiger partial charge on any atom is -0.456 e. The number of fused-ring (bicyclic) bond motifs is 1. The number of nitrogens with zero attached hydrogens (tertiary/aromatic N) is 3. The molecule has 3 heterocycles. The number of aromatic nitrogens is 4. The van der Waals surface area contributed by atoms with E-state index in [4.69, 9.17) is 14.5 Å². The molecular weight excluding hydrogens is 404 g/mol. The van der Waals surface area contributed by atoms with Crippen molar-refractivity contribution in [1.82, 2.24) is 19.9 Å². The smallest absolute Gasteiger partial charge is 0.163 e. The predicted molar refractivity (Wildman–Crippen MR) is 120 cm³/mol. The van der Waals surface area contributed by atoms with Gasteiger partial charge in [0, 0.05) is 24.5 Å². The molecule has 0 radical (unpaired) electrons. The molecule has 0 unspecified atom stereocenters. The van der Waals surface area contributed by atoms with Crippen LogP contribution in [0, 0.1) is 0 Å². The van der Waals surface area contributed by atoms with Crippen molar-refractivity contribution in [3.8, 4) is 34.5 Å². The summed E-state index contributed by atoms with van der Waals surface area (Å²) in [6, 6.07) is 19.9. The highest BCUT2D eigenvalue weighted by molar-refractivity contribution is 5.97. The molecule has 5 aromatic rings. The molecule has 7 nitrogen and oxygen atoms in total. The third-order valence-corrected chi connectivity index (χ3v) is 4.79. The zero-order chi connectivity index (χ0) is 21.9. The zero-order valence-corrected chi connectivity index (χ0v) is 17.1. The second kappa shape index (κ2) is 8.31. The molecule has 32 heavy (non-hydrogen) atoms. The number of Topliss-reactive ketones (excluding diaryl/α,β-unsaturated/α-hetero) is 1. The van der Waals surface area contributed by atoms with E-state index < -0.39 is 0 Å². The first-order valence-electron chi connectivity index (χ1n) is 9.98. The van der Waals surface area contributed by atoms with Crippen molar-refractivity contribution in [3.63, 3.8) is 0 Å². The number of ether oxygens (including phenoxy) is 2. The fourth-order valence-corrected chi connectivity index (χ4v) is 3.33. The lowest BCUT2D eigenvalue weighted by Crippen LogP contribution is -1.97. The average Bonchev–Trinajstić information content (AvgIpc) is 3.25. The zero-order valence-electron chi connectivity index (χ0n) is 17.1. The van der Waals surface area contributed by atoms with Crippen LogP contribution in [0.15, 0.2) is 85.3 Å². The van der Waals surface area contributed by atoms with Gasteiger partial charge in [-0.25, -0.2) is 4.98 Å². The molecule has 0 saturated carbocycles. The van der Waals surface area contributed by atoms with Crippen LogP contribution in [0.25, 0.3) is 22.6 Å². The number of rotatable bonds is 6. The van der Waals surface area contributed by atoms with Crippen molar-refractivity contribution in [2.24, 2.45) is 0 Å². The Balaban J connectivity index is 1.63. The van der Waals surface area contributed by atoms with E-state index >= 15 is 0 Å². The van der Waals surface area contributed by atoms with Crippen molar-refractivity contribution >= 4 is 16.8 Å². The summed E-state index contributed by atoms with van der Waals surface area (Å²) >= 11 is 0. The van der Waals surface area contributed by atoms with E-state index in [2.05, 4.69) is 15.0 Å². The van der Waals surface area contributed by atoms with Gasteiger partial charge in [0.1, 0.15) is 28.5 Å². The number of carbonyl (C=O) groups is 1. The summed E-state index contributed by atoms with van der Waals surface area (Å²) in [7, 11) is 0. The Labute approximate surface area is 183 Å². The maximum Gasteiger partial charge on any atom is 0.163 e. The molecule has 2 aromatic carbocycles. The monoisotopic (exact) mass is 422 g/mol. The van der Waals surface area contributed by atoms with E-state index in [-0.39, 0.29) is 5.78 Å². The molecule has 0 aliphatic carbocycles. The number of pyridine rings is 2. The maximum atomic E-state index is 12.1. The molecule has 0 bridgehead atoms. The summed E-state index contributed by atoms with van der Waals surface area (Å²) in [4.78, 5) is 28.5. The van der Waals surface area contributed by atoms with Gasteiger partial charge >= 0.3 is 0 Å². The summed E-state index contributed by atoms with van der Waals surface area (Å²) in [6.45, 7) is 1.51. The lowest BCUT2D eigenvalue weighted by molar-refractivity contribution is 0.101. The fourth-order valence-electron chi connectivity index (χ4n) is 3.33. The highest BCUT2D eigenvalue weighted by Gasteiger charge is 2.16. The molecule has 3 aromatic heterocycles. The Morgan fingerprint density at radius 2 is 1.75 bits per heavy atom. The number of H-pyrrole nitrogens is 1. The molecule has 5 rings (SSSR count). The van der Waals surface area contributed by atoms with E-state index in [1.54, 1.807) is 48.9 Å². The number of carbonyl (C=O) groups excluding carboxylic acids is 1. The van der Waals surface area contributed by atoms with Crippen LogP contribution >= 0.6 is 0 Å². The third-order valence-electron chi connectivity index (χ3n) is 4.79. The van der Waals surface area contributed by atoms with Gasteiger partial charge in [-0.2, -0.15) is 0 Å². The first kappa shape index (κ1) is 19.4. The molecule has 0 spiro atoms. The molecular formula is C25H18N4O3. The van der Waals surface area contributed by atoms with Gasteiger partial charge in [0.05, 0.1) is 17.3 Å². The van der Waals surface area contributed by atoms with Crippen LogP contribution < -0.4 is 9.47 Å². The lowest BCUT2D eigenvalue weighted by Gasteiger charge is -2.12. The standard InChI is InChI=1S/C25H18N4O3/c1-16(30)19-8-2-3-10-22(19)32-23-14-18(31-17-7-6-11-26-15-17)13-21-24(23)29-25(28-21)20-9-4-5-12-27-20/h2-15H,1H3,(H,28,29). The van der Waals surface area contributed by atoms with E-state index in [9.17, 15) is 4.79 Å². The molecule has 0 aliphatic rings. The number of ketones is 1. The van der Waals surface area contributed by atoms with Crippen LogP contribution in [0.4, 0.5) is 0 Å². The molecule has 156 valence electrons.